The molecule has 0 aliphatic heterocycles. The normalized spacial score (nSPS) is 18.9. The van der Waals surface area contributed by atoms with Crippen molar-refractivity contribution in [1.29, 1.82) is 0 Å². The van der Waals surface area contributed by atoms with Gasteiger partial charge in [-0.05, 0) is 58.6 Å². The molecule has 5 heteroatoms. The van der Waals surface area contributed by atoms with Gasteiger partial charge in [0.25, 0.3) is 0 Å². The summed E-state index contributed by atoms with van der Waals surface area (Å²) in [5.41, 5.74) is 6.51. The van der Waals surface area contributed by atoms with Crippen LogP contribution in [0.5, 0.6) is 0 Å². The molecule has 2 N–H and O–H groups in total. The van der Waals surface area contributed by atoms with E-state index in [1.807, 2.05) is 7.05 Å². The summed E-state index contributed by atoms with van der Waals surface area (Å²) < 4.78 is 27.0. The van der Waals surface area contributed by atoms with Crippen LogP contribution in [-0.4, -0.2) is 49.6 Å². The molecule has 3 nitrogen and oxygen atoms in total. The number of rotatable bonds is 6. The molecule has 0 bridgehead atoms. The zero-order valence-corrected chi connectivity index (χ0v) is 13.1. The summed E-state index contributed by atoms with van der Waals surface area (Å²) >= 11 is 0. The lowest BCUT2D eigenvalue weighted by molar-refractivity contribution is 0.0264. The lowest BCUT2D eigenvalue weighted by Crippen LogP contribution is -2.57. The van der Waals surface area contributed by atoms with Gasteiger partial charge >= 0.3 is 0 Å². The van der Waals surface area contributed by atoms with Crippen molar-refractivity contribution in [3.8, 4) is 0 Å². The first-order valence-electron chi connectivity index (χ1n) is 7.40. The Morgan fingerprint density at radius 2 is 1.90 bits per heavy atom. The average molecular weight is 297 g/mol. The van der Waals surface area contributed by atoms with Gasteiger partial charge in [0.2, 0.25) is 0 Å². The second-order valence-electron chi connectivity index (χ2n) is 6.44. The van der Waals surface area contributed by atoms with Crippen LogP contribution in [0.15, 0.2) is 18.2 Å². The maximum Gasteiger partial charge on any atom is 0.128 e. The molecule has 21 heavy (non-hydrogen) atoms. The van der Waals surface area contributed by atoms with E-state index in [0.29, 0.717) is 6.54 Å². The molecule has 0 saturated heterocycles. The number of hydrogen-bond donors (Lipinski definition) is 1. The number of benzene rings is 1. The Kier molecular flexibility index (Phi) is 4.96. The van der Waals surface area contributed by atoms with E-state index >= 15 is 0 Å². The molecular weight excluding hydrogens is 272 g/mol. The maximum absolute atomic E-state index is 13.7. The first kappa shape index (κ1) is 16.3. The summed E-state index contributed by atoms with van der Waals surface area (Å²) in [6, 6.07) is 2.92. The molecule has 1 atom stereocenters. The molecule has 1 unspecified atom stereocenters. The summed E-state index contributed by atoms with van der Waals surface area (Å²) in [4.78, 5) is 4.38. The molecule has 0 spiro atoms. The van der Waals surface area contributed by atoms with Gasteiger partial charge < -0.3 is 15.5 Å². The van der Waals surface area contributed by atoms with Crippen molar-refractivity contribution >= 4 is 0 Å². The summed E-state index contributed by atoms with van der Waals surface area (Å²) in [7, 11) is 6.18. The van der Waals surface area contributed by atoms with Gasteiger partial charge in [0.05, 0.1) is 0 Å². The molecule has 0 aromatic heterocycles. The molecule has 1 aliphatic carbocycles. The SMILES string of the molecule is CN(CC(N)c1cc(F)ccc1F)CC1(N(C)C)CCC1. The molecule has 2 rings (SSSR count). The highest BCUT2D eigenvalue weighted by molar-refractivity contribution is 5.22. The van der Waals surface area contributed by atoms with Crippen LogP contribution >= 0.6 is 0 Å². The lowest BCUT2D eigenvalue weighted by Gasteiger charge is -2.49. The largest absolute Gasteiger partial charge is 0.323 e. The van der Waals surface area contributed by atoms with Crippen molar-refractivity contribution in [3.63, 3.8) is 0 Å². The van der Waals surface area contributed by atoms with Crippen LogP contribution in [0.3, 0.4) is 0 Å². The van der Waals surface area contributed by atoms with Crippen LogP contribution in [0.4, 0.5) is 8.78 Å². The number of likely N-dealkylation sites (N-methyl/N-ethyl adjacent to an activating group) is 2. The summed E-state index contributed by atoms with van der Waals surface area (Å²) in [5, 5.41) is 0. The van der Waals surface area contributed by atoms with Crippen LogP contribution in [0.2, 0.25) is 0 Å². The Morgan fingerprint density at radius 1 is 1.24 bits per heavy atom. The van der Waals surface area contributed by atoms with E-state index in [1.165, 1.54) is 25.3 Å². The van der Waals surface area contributed by atoms with Gasteiger partial charge in [-0.25, -0.2) is 8.78 Å². The van der Waals surface area contributed by atoms with Crippen molar-refractivity contribution in [3.05, 3.63) is 35.4 Å². The van der Waals surface area contributed by atoms with Crippen molar-refractivity contribution in [2.24, 2.45) is 5.73 Å². The van der Waals surface area contributed by atoms with E-state index < -0.39 is 17.7 Å². The second kappa shape index (κ2) is 6.38. The Bertz CT molecular complexity index is 486. The van der Waals surface area contributed by atoms with E-state index in [-0.39, 0.29) is 11.1 Å². The Hall–Kier alpha value is -1.04. The average Bonchev–Trinajstić information content (AvgIpc) is 2.36. The molecule has 1 fully saturated rings. The first-order chi connectivity index (χ1) is 9.84. The second-order valence-corrected chi connectivity index (χ2v) is 6.44. The lowest BCUT2D eigenvalue weighted by atomic mass is 9.75. The van der Waals surface area contributed by atoms with Gasteiger partial charge in [-0.3, -0.25) is 0 Å². The van der Waals surface area contributed by atoms with E-state index in [2.05, 4.69) is 23.9 Å². The fraction of sp³-hybridized carbons (Fsp3) is 0.625. The van der Waals surface area contributed by atoms with E-state index in [1.54, 1.807) is 0 Å². The Labute approximate surface area is 125 Å². The Morgan fingerprint density at radius 3 is 2.43 bits per heavy atom. The fourth-order valence-corrected chi connectivity index (χ4v) is 3.13. The predicted molar refractivity (Wildman–Crippen MR) is 81.1 cm³/mol. The predicted octanol–water partition coefficient (Wildman–Crippen LogP) is 2.38. The first-order valence-corrected chi connectivity index (χ1v) is 7.40. The highest BCUT2D eigenvalue weighted by atomic mass is 19.1. The minimum absolute atomic E-state index is 0.203. The van der Waals surface area contributed by atoms with Crippen LogP contribution in [0.1, 0.15) is 30.9 Å². The van der Waals surface area contributed by atoms with Gasteiger partial charge in [0, 0.05) is 30.2 Å². The number of nitrogens with zero attached hydrogens (tertiary/aromatic N) is 2. The van der Waals surface area contributed by atoms with E-state index in [9.17, 15) is 8.78 Å². The van der Waals surface area contributed by atoms with Gasteiger partial charge in [-0.1, -0.05) is 0 Å². The smallest absolute Gasteiger partial charge is 0.128 e. The van der Waals surface area contributed by atoms with E-state index in [0.717, 1.165) is 18.7 Å². The van der Waals surface area contributed by atoms with Crippen LogP contribution in [-0.2, 0) is 0 Å². The molecule has 1 aromatic carbocycles. The summed E-state index contributed by atoms with van der Waals surface area (Å²) in [6.45, 7) is 1.40. The summed E-state index contributed by atoms with van der Waals surface area (Å²) in [5.74, 6) is -0.892. The van der Waals surface area contributed by atoms with Crippen LogP contribution < -0.4 is 5.73 Å². The van der Waals surface area contributed by atoms with E-state index in [4.69, 9.17) is 5.73 Å². The summed E-state index contributed by atoms with van der Waals surface area (Å²) in [6.07, 6.45) is 3.60. The van der Waals surface area contributed by atoms with Gasteiger partial charge in [-0.2, -0.15) is 0 Å². The van der Waals surface area contributed by atoms with Gasteiger partial charge in [0.1, 0.15) is 11.6 Å². The molecular formula is C16H25F2N3. The zero-order valence-electron chi connectivity index (χ0n) is 13.1. The zero-order chi connectivity index (χ0) is 15.6. The fourth-order valence-electron chi connectivity index (χ4n) is 3.13. The number of hydrogen-bond acceptors (Lipinski definition) is 3. The third-order valence-corrected chi connectivity index (χ3v) is 4.66. The minimum atomic E-state index is -0.523. The molecule has 1 aromatic rings. The number of nitrogens with two attached hydrogens (primary N) is 1. The quantitative estimate of drug-likeness (QED) is 0.875. The molecule has 0 amide bonds. The highest BCUT2D eigenvalue weighted by Gasteiger charge is 2.39. The number of halogens is 2. The van der Waals surface area contributed by atoms with Gasteiger partial charge in [0.15, 0.2) is 0 Å². The van der Waals surface area contributed by atoms with Gasteiger partial charge in [-0.15, -0.1) is 0 Å². The Balaban J connectivity index is 1.99. The molecule has 1 saturated carbocycles. The molecule has 0 heterocycles. The van der Waals surface area contributed by atoms with Crippen molar-refractivity contribution < 1.29 is 8.78 Å². The standard InChI is InChI=1S/C16H25F2N3/c1-20(2)16(7-4-8-16)11-21(3)10-15(19)13-9-12(17)5-6-14(13)18/h5-6,9,15H,4,7-8,10-11,19H2,1-3H3. The highest BCUT2D eigenvalue weighted by Crippen LogP contribution is 2.36. The van der Waals surface area contributed by atoms with Crippen molar-refractivity contribution in [2.45, 2.75) is 30.8 Å². The maximum atomic E-state index is 13.7. The molecule has 0 radical (unpaired) electrons. The van der Waals surface area contributed by atoms with Crippen molar-refractivity contribution in [1.82, 2.24) is 9.80 Å². The third-order valence-electron chi connectivity index (χ3n) is 4.66. The van der Waals surface area contributed by atoms with Crippen LogP contribution in [0.25, 0.3) is 0 Å². The van der Waals surface area contributed by atoms with Crippen LogP contribution in [0, 0.1) is 11.6 Å². The monoisotopic (exact) mass is 297 g/mol. The molecule has 1 aliphatic rings. The molecule has 118 valence electrons. The third kappa shape index (κ3) is 3.59. The minimum Gasteiger partial charge on any atom is -0.323 e. The van der Waals surface area contributed by atoms with Crippen molar-refractivity contribution in [2.75, 3.05) is 34.2 Å². The topological polar surface area (TPSA) is 32.5 Å².